The van der Waals surface area contributed by atoms with Crippen LogP contribution >= 0.6 is 0 Å². The van der Waals surface area contributed by atoms with Gasteiger partial charge < -0.3 is 19.4 Å². The zero-order valence-electron chi connectivity index (χ0n) is 16.5. The van der Waals surface area contributed by atoms with Crippen LogP contribution in [0.15, 0.2) is 54.6 Å². The molecule has 0 bridgehead atoms. The molecule has 1 fully saturated rings. The maximum absolute atomic E-state index is 12.5. The van der Waals surface area contributed by atoms with E-state index in [1.54, 1.807) is 26.8 Å². The Bertz CT molecular complexity index is 831. The SMILES string of the molecule is CC(=O)N(CCC(=O)N1CCN(C=O)CC1)c1ccc(Oc2ccccc2)cc1. The van der Waals surface area contributed by atoms with E-state index in [1.165, 1.54) is 6.92 Å². The van der Waals surface area contributed by atoms with Crippen LogP contribution in [0.1, 0.15) is 13.3 Å². The summed E-state index contributed by atoms with van der Waals surface area (Å²) in [7, 11) is 0. The Kier molecular flexibility index (Phi) is 6.84. The first-order valence-corrected chi connectivity index (χ1v) is 9.65. The number of rotatable bonds is 7. The highest BCUT2D eigenvalue weighted by Crippen LogP contribution is 2.24. The maximum Gasteiger partial charge on any atom is 0.224 e. The Morgan fingerprint density at radius 2 is 1.59 bits per heavy atom. The Morgan fingerprint density at radius 3 is 2.17 bits per heavy atom. The zero-order chi connectivity index (χ0) is 20.6. The average molecular weight is 395 g/mol. The molecule has 0 radical (unpaired) electrons. The smallest absolute Gasteiger partial charge is 0.224 e. The number of hydrogen-bond donors (Lipinski definition) is 0. The Hall–Kier alpha value is -3.35. The minimum absolute atomic E-state index is 0.00849. The summed E-state index contributed by atoms with van der Waals surface area (Å²) in [4.78, 5) is 40.4. The highest BCUT2D eigenvalue weighted by atomic mass is 16.5. The number of hydrogen-bond acceptors (Lipinski definition) is 4. The molecule has 152 valence electrons. The van der Waals surface area contributed by atoms with Gasteiger partial charge in [-0.05, 0) is 36.4 Å². The summed E-state index contributed by atoms with van der Waals surface area (Å²) in [5, 5.41) is 0. The van der Waals surface area contributed by atoms with Gasteiger partial charge >= 0.3 is 0 Å². The van der Waals surface area contributed by atoms with Crippen molar-refractivity contribution in [2.75, 3.05) is 37.6 Å². The number of carbonyl (C=O) groups excluding carboxylic acids is 3. The molecule has 2 aromatic carbocycles. The molecule has 0 N–H and O–H groups in total. The molecule has 2 aromatic rings. The number of amides is 3. The number of piperazine rings is 1. The molecule has 29 heavy (non-hydrogen) atoms. The molecule has 1 aliphatic rings. The van der Waals surface area contributed by atoms with Crippen molar-refractivity contribution in [1.29, 1.82) is 0 Å². The summed E-state index contributed by atoms with van der Waals surface area (Å²) in [6, 6.07) is 16.7. The molecule has 3 rings (SSSR count). The van der Waals surface area contributed by atoms with Crippen molar-refractivity contribution >= 4 is 23.9 Å². The van der Waals surface area contributed by atoms with E-state index < -0.39 is 0 Å². The summed E-state index contributed by atoms with van der Waals surface area (Å²) in [6.07, 6.45) is 1.05. The van der Waals surface area contributed by atoms with Crippen molar-refractivity contribution in [3.63, 3.8) is 0 Å². The Labute approximate surface area is 170 Å². The fourth-order valence-corrected chi connectivity index (χ4v) is 3.23. The van der Waals surface area contributed by atoms with Gasteiger partial charge in [0.25, 0.3) is 0 Å². The largest absolute Gasteiger partial charge is 0.457 e. The van der Waals surface area contributed by atoms with Crippen LogP contribution in [0.2, 0.25) is 0 Å². The van der Waals surface area contributed by atoms with Crippen LogP contribution in [0.4, 0.5) is 5.69 Å². The summed E-state index contributed by atoms with van der Waals surface area (Å²) in [5.74, 6) is 1.28. The first-order chi connectivity index (χ1) is 14.1. The average Bonchev–Trinajstić information content (AvgIpc) is 2.75. The Balaban J connectivity index is 1.57. The number of benzene rings is 2. The van der Waals surface area contributed by atoms with Crippen molar-refractivity contribution in [3.05, 3.63) is 54.6 Å². The van der Waals surface area contributed by atoms with E-state index in [2.05, 4.69) is 0 Å². The minimum atomic E-state index is -0.125. The van der Waals surface area contributed by atoms with Gasteiger partial charge in [-0.3, -0.25) is 14.4 Å². The predicted molar refractivity (Wildman–Crippen MR) is 110 cm³/mol. The molecule has 7 nitrogen and oxygen atoms in total. The molecule has 0 saturated carbocycles. The first kappa shape index (κ1) is 20.4. The fourth-order valence-electron chi connectivity index (χ4n) is 3.23. The molecule has 0 aliphatic carbocycles. The third kappa shape index (κ3) is 5.57. The van der Waals surface area contributed by atoms with Gasteiger partial charge in [-0.15, -0.1) is 0 Å². The number of para-hydroxylation sites is 1. The first-order valence-electron chi connectivity index (χ1n) is 9.65. The third-order valence-corrected chi connectivity index (χ3v) is 4.87. The van der Waals surface area contributed by atoms with Crippen molar-refractivity contribution in [1.82, 2.24) is 9.80 Å². The van der Waals surface area contributed by atoms with Crippen LogP contribution in [0.5, 0.6) is 11.5 Å². The monoisotopic (exact) mass is 395 g/mol. The lowest BCUT2D eigenvalue weighted by Gasteiger charge is -2.33. The summed E-state index contributed by atoms with van der Waals surface area (Å²) < 4.78 is 5.78. The van der Waals surface area contributed by atoms with Gasteiger partial charge in [-0.25, -0.2) is 0 Å². The lowest BCUT2D eigenvalue weighted by atomic mass is 10.2. The number of carbonyl (C=O) groups is 3. The highest BCUT2D eigenvalue weighted by molar-refractivity contribution is 5.92. The lowest BCUT2D eigenvalue weighted by molar-refractivity contribution is -0.135. The minimum Gasteiger partial charge on any atom is -0.457 e. The standard InChI is InChI=1S/C22H25N3O4/c1-18(27)25(12-11-22(28)24-15-13-23(17-26)14-16-24)19-7-9-21(10-8-19)29-20-5-3-2-4-6-20/h2-10,17H,11-16H2,1H3. The van der Waals surface area contributed by atoms with Gasteiger partial charge in [-0.1, -0.05) is 18.2 Å². The maximum atomic E-state index is 12.5. The predicted octanol–water partition coefficient (Wildman–Crippen LogP) is 2.52. The van der Waals surface area contributed by atoms with E-state index in [-0.39, 0.29) is 18.2 Å². The molecule has 0 aromatic heterocycles. The van der Waals surface area contributed by atoms with Crippen LogP contribution < -0.4 is 9.64 Å². The van der Waals surface area contributed by atoms with Gasteiger partial charge in [-0.2, -0.15) is 0 Å². The van der Waals surface area contributed by atoms with Gasteiger partial charge in [0, 0.05) is 51.8 Å². The molecule has 1 saturated heterocycles. The van der Waals surface area contributed by atoms with Crippen molar-refractivity contribution in [3.8, 4) is 11.5 Å². The zero-order valence-corrected chi connectivity index (χ0v) is 16.5. The topological polar surface area (TPSA) is 70.2 Å². The highest BCUT2D eigenvalue weighted by Gasteiger charge is 2.21. The molecule has 0 unspecified atom stereocenters. The summed E-state index contributed by atoms with van der Waals surface area (Å²) in [6.45, 7) is 3.96. The molecular formula is C22H25N3O4. The van der Waals surface area contributed by atoms with Crippen molar-refractivity contribution < 1.29 is 19.1 Å². The second-order valence-electron chi connectivity index (χ2n) is 6.85. The molecule has 0 atom stereocenters. The van der Waals surface area contributed by atoms with E-state index >= 15 is 0 Å². The normalized spacial score (nSPS) is 13.7. The molecule has 1 aliphatic heterocycles. The quantitative estimate of drug-likeness (QED) is 0.676. The molecule has 3 amide bonds. The third-order valence-electron chi connectivity index (χ3n) is 4.87. The van der Waals surface area contributed by atoms with Crippen LogP contribution in [-0.4, -0.2) is 60.7 Å². The molecule has 1 heterocycles. The van der Waals surface area contributed by atoms with Crippen molar-refractivity contribution in [2.24, 2.45) is 0 Å². The number of anilines is 1. The number of ether oxygens (including phenoxy) is 1. The van der Waals surface area contributed by atoms with E-state index in [9.17, 15) is 14.4 Å². The summed E-state index contributed by atoms with van der Waals surface area (Å²) >= 11 is 0. The Morgan fingerprint density at radius 1 is 0.966 bits per heavy atom. The van der Waals surface area contributed by atoms with E-state index in [0.717, 1.165) is 17.8 Å². The van der Waals surface area contributed by atoms with E-state index in [1.807, 2.05) is 42.5 Å². The molecular weight excluding hydrogens is 370 g/mol. The summed E-state index contributed by atoms with van der Waals surface area (Å²) in [5.41, 5.74) is 0.719. The van der Waals surface area contributed by atoms with Gasteiger partial charge in [0.15, 0.2) is 0 Å². The number of nitrogens with zero attached hydrogens (tertiary/aromatic N) is 3. The second kappa shape index (κ2) is 9.73. The fraction of sp³-hybridized carbons (Fsp3) is 0.318. The van der Waals surface area contributed by atoms with Crippen LogP contribution in [0.25, 0.3) is 0 Å². The van der Waals surface area contributed by atoms with Gasteiger partial charge in [0.05, 0.1) is 0 Å². The van der Waals surface area contributed by atoms with Crippen LogP contribution in [0.3, 0.4) is 0 Å². The molecule has 7 heteroatoms. The van der Waals surface area contributed by atoms with Crippen LogP contribution in [0, 0.1) is 0 Å². The molecule has 0 spiro atoms. The van der Waals surface area contributed by atoms with E-state index in [0.29, 0.717) is 38.5 Å². The second-order valence-corrected chi connectivity index (χ2v) is 6.85. The van der Waals surface area contributed by atoms with Crippen molar-refractivity contribution in [2.45, 2.75) is 13.3 Å². The lowest BCUT2D eigenvalue weighted by Crippen LogP contribution is -2.48. The van der Waals surface area contributed by atoms with Crippen LogP contribution in [-0.2, 0) is 14.4 Å². The van der Waals surface area contributed by atoms with Gasteiger partial charge in [0.1, 0.15) is 11.5 Å². The van der Waals surface area contributed by atoms with Gasteiger partial charge in [0.2, 0.25) is 18.2 Å². The van der Waals surface area contributed by atoms with E-state index in [4.69, 9.17) is 4.74 Å².